The molecule has 1 aliphatic heterocycles. The molecule has 2 N–H and O–H groups in total. The molecule has 1 aliphatic rings. The van der Waals surface area contributed by atoms with E-state index in [0.717, 1.165) is 11.3 Å². The molecular weight excluding hydrogens is 462 g/mol. The summed E-state index contributed by atoms with van der Waals surface area (Å²) in [5, 5.41) is 26.3. The lowest BCUT2D eigenvalue weighted by Gasteiger charge is -2.16. The number of pyridine rings is 2. The Morgan fingerprint density at radius 3 is 2.72 bits per heavy atom. The van der Waals surface area contributed by atoms with Gasteiger partial charge in [-0.2, -0.15) is 0 Å². The highest BCUT2D eigenvalue weighted by Crippen LogP contribution is 2.34. The Hall–Kier alpha value is -4.71. The van der Waals surface area contributed by atoms with Crippen molar-refractivity contribution in [3.63, 3.8) is 0 Å². The molecule has 0 radical (unpaired) electrons. The zero-order chi connectivity index (χ0) is 24.9. The predicted octanol–water partition coefficient (Wildman–Crippen LogP) is 2.34. The quantitative estimate of drug-likeness (QED) is 0.382. The number of nitrogens with one attached hydrogen (secondary N) is 1. The summed E-state index contributed by atoms with van der Waals surface area (Å²) < 4.78 is 7.17. The van der Waals surface area contributed by atoms with Crippen molar-refractivity contribution in [3.05, 3.63) is 66.4 Å². The second-order valence-corrected chi connectivity index (χ2v) is 8.65. The zero-order valence-electron chi connectivity index (χ0n) is 19.5. The van der Waals surface area contributed by atoms with Crippen molar-refractivity contribution in [3.8, 4) is 22.8 Å². The maximum atomic E-state index is 12.4. The van der Waals surface area contributed by atoms with E-state index < -0.39 is 11.5 Å². The van der Waals surface area contributed by atoms with Crippen LogP contribution in [0.1, 0.15) is 17.7 Å². The monoisotopic (exact) mass is 483 g/mol. The first-order valence-corrected chi connectivity index (χ1v) is 11.2. The Bertz CT molecular complexity index is 1610. The van der Waals surface area contributed by atoms with Gasteiger partial charge in [-0.25, -0.2) is 15.0 Å². The molecule has 0 spiro atoms. The molecule has 1 fully saturated rings. The molecule has 1 unspecified atom stereocenters. The van der Waals surface area contributed by atoms with E-state index in [2.05, 4.69) is 35.6 Å². The van der Waals surface area contributed by atoms with Crippen LogP contribution in [0.15, 0.2) is 59.6 Å². The highest BCUT2D eigenvalue weighted by molar-refractivity contribution is 5.87. The standard InChI is InChI=1S/C24H21N9O3/c1-14-7-10-33-13-26-30-21(33)20(14)29-23-25-9-6-17(28-23)15-4-3-5-16(27-15)18-12-19(36-31-18)24(35)8-11-32(2)22(24)34/h3-7,9-10,12-13,35H,8,11H2,1-2H3,(H,25,28,29). The first-order chi connectivity index (χ1) is 17.4. The molecule has 180 valence electrons. The van der Waals surface area contributed by atoms with E-state index in [1.807, 2.05) is 35.7 Å². The Balaban J connectivity index is 1.30. The van der Waals surface area contributed by atoms with Crippen LogP contribution >= 0.6 is 0 Å². The van der Waals surface area contributed by atoms with Crippen LogP contribution in [-0.2, 0) is 10.4 Å². The first kappa shape index (κ1) is 21.8. The Labute approximate surface area is 204 Å². The lowest BCUT2D eigenvalue weighted by atomic mass is 9.98. The van der Waals surface area contributed by atoms with Crippen LogP contribution in [0.3, 0.4) is 0 Å². The number of amides is 1. The van der Waals surface area contributed by atoms with Gasteiger partial charge in [-0.05, 0) is 36.8 Å². The second kappa shape index (κ2) is 8.20. The van der Waals surface area contributed by atoms with E-state index >= 15 is 0 Å². The van der Waals surface area contributed by atoms with Crippen molar-refractivity contribution in [1.29, 1.82) is 0 Å². The van der Waals surface area contributed by atoms with E-state index in [4.69, 9.17) is 4.52 Å². The van der Waals surface area contributed by atoms with Gasteiger partial charge in [-0.15, -0.1) is 10.2 Å². The van der Waals surface area contributed by atoms with Crippen LogP contribution in [0.2, 0.25) is 0 Å². The molecule has 1 amide bonds. The summed E-state index contributed by atoms with van der Waals surface area (Å²) in [6.45, 7) is 2.40. The van der Waals surface area contributed by atoms with Crippen molar-refractivity contribution in [2.75, 3.05) is 18.9 Å². The molecule has 1 atom stereocenters. The maximum Gasteiger partial charge on any atom is 0.262 e. The number of aromatic nitrogens is 7. The SMILES string of the molecule is Cc1ccn2cnnc2c1Nc1nccc(-c2cccc(-c3cc(C4(O)CCN(C)C4=O)on3)n2)n1. The number of carbonyl (C=O) groups is 1. The second-order valence-electron chi connectivity index (χ2n) is 8.65. The van der Waals surface area contributed by atoms with Crippen molar-refractivity contribution in [1.82, 2.24) is 39.6 Å². The summed E-state index contributed by atoms with van der Waals surface area (Å²) in [4.78, 5) is 27.5. The summed E-state index contributed by atoms with van der Waals surface area (Å²) in [5.74, 6) is 0.0734. The van der Waals surface area contributed by atoms with Gasteiger partial charge in [0, 0.05) is 38.5 Å². The number of anilines is 2. The fourth-order valence-electron chi connectivity index (χ4n) is 4.20. The number of hydrogen-bond donors (Lipinski definition) is 2. The number of fused-ring (bicyclic) bond motifs is 1. The van der Waals surface area contributed by atoms with Crippen LogP contribution in [0.25, 0.3) is 28.4 Å². The van der Waals surface area contributed by atoms with Crippen LogP contribution in [0.5, 0.6) is 0 Å². The number of aliphatic hydroxyl groups is 1. The summed E-state index contributed by atoms with van der Waals surface area (Å²) >= 11 is 0. The van der Waals surface area contributed by atoms with Crippen LogP contribution in [0.4, 0.5) is 11.6 Å². The van der Waals surface area contributed by atoms with Gasteiger partial charge in [-0.3, -0.25) is 9.20 Å². The molecular formula is C24H21N9O3. The minimum Gasteiger partial charge on any atom is -0.373 e. The number of likely N-dealkylation sites (N-methyl/N-ethyl adjacent to an activating group) is 1. The van der Waals surface area contributed by atoms with Crippen LogP contribution in [0, 0.1) is 6.92 Å². The molecule has 0 saturated carbocycles. The Morgan fingerprint density at radius 1 is 1.11 bits per heavy atom. The van der Waals surface area contributed by atoms with Gasteiger partial charge in [0.25, 0.3) is 5.91 Å². The Kier molecular flexibility index (Phi) is 4.97. The van der Waals surface area contributed by atoms with Gasteiger partial charge >= 0.3 is 0 Å². The van der Waals surface area contributed by atoms with Gasteiger partial charge in [0.1, 0.15) is 12.0 Å². The molecule has 12 nitrogen and oxygen atoms in total. The average molecular weight is 483 g/mol. The number of nitrogens with zero attached hydrogens (tertiary/aromatic N) is 8. The highest BCUT2D eigenvalue weighted by atomic mass is 16.5. The summed E-state index contributed by atoms with van der Waals surface area (Å²) in [6, 6.07) is 10.7. The maximum absolute atomic E-state index is 12.4. The minimum atomic E-state index is -1.71. The summed E-state index contributed by atoms with van der Waals surface area (Å²) in [6.07, 6.45) is 5.40. The fraction of sp³-hybridized carbons (Fsp3) is 0.208. The fourth-order valence-corrected chi connectivity index (χ4v) is 4.20. The third kappa shape index (κ3) is 3.55. The molecule has 1 saturated heterocycles. The number of hydrogen-bond acceptors (Lipinski definition) is 10. The van der Waals surface area contributed by atoms with Crippen molar-refractivity contribution >= 4 is 23.2 Å². The molecule has 5 aromatic rings. The first-order valence-electron chi connectivity index (χ1n) is 11.2. The lowest BCUT2D eigenvalue weighted by Crippen LogP contribution is -2.35. The summed E-state index contributed by atoms with van der Waals surface area (Å²) in [5.41, 5.74) is 2.79. The van der Waals surface area contributed by atoms with E-state index in [1.165, 1.54) is 4.90 Å². The van der Waals surface area contributed by atoms with E-state index in [1.54, 1.807) is 37.8 Å². The molecule has 5 aromatic heterocycles. The van der Waals surface area contributed by atoms with Gasteiger partial charge in [0.2, 0.25) is 11.5 Å². The van der Waals surface area contributed by atoms with Crippen LogP contribution in [-0.4, -0.2) is 64.2 Å². The molecule has 36 heavy (non-hydrogen) atoms. The number of rotatable bonds is 5. The molecule has 0 aliphatic carbocycles. The third-order valence-electron chi connectivity index (χ3n) is 6.27. The smallest absolute Gasteiger partial charge is 0.262 e. The van der Waals surface area contributed by atoms with Crippen LogP contribution < -0.4 is 5.32 Å². The van der Waals surface area contributed by atoms with Crippen molar-refractivity contribution in [2.24, 2.45) is 0 Å². The zero-order valence-corrected chi connectivity index (χ0v) is 19.5. The van der Waals surface area contributed by atoms with E-state index in [9.17, 15) is 9.90 Å². The van der Waals surface area contributed by atoms with E-state index in [-0.39, 0.29) is 12.2 Å². The molecule has 0 aromatic carbocycles. The van der Waals surface area contributed by atoms with Crippen molar-refractivity contribution in [2.45, 2.75) is 18.9 Å². The molecule has 12 heteroatoms. The number of carbonyl (C=O) groups excluding carboxylic acids is 1. The van der Waals surface area contributed by atoms with Gasteiger partial charge in [-0.1, -0.05) is 11.2 Å². The van der Waals surface area contributed by atoms with E-state index in [0.29, 0.717) is 40.9 Å². The molecule has 6 heterocycles. The normalized spacial score (nSPS) is 17.8. The molecule has 0 bridgehead atoms. The average Bonchev–Trinajstić information content (AvgIpc) is 3.64. The van der Waals surface area contributed by atoms with Crippen molar-refractivity contribution < 1.29 is 14.4 Å². The number of likely N-dealkylation sites (tertiary alicyclic amines) is 1. The van der Waals surface area contributed by atoms with Gasteiger partial charge in [0.15, 0.2) is 11.4 Å². The minimum absolute atomic E-state index is 0.102. The summed E-state index contributed by atoms with van der Waals surface area (Å²) in [7, 11) is 1.64. The molecule has 6 rings (SSSR count). The third-order valence-corrected chi connectivity index (χ3v) is 6.27. The lowest BCUT2D eigenvalue weighted by molar-refractivity contribution is -0.144. The number of aryl methyl sites for hydroxylation is 1. The van der Waals surface area contributed by atoms with Gasteiger partial charge in [0.05, 0.1) is 22.8 Å². The van der Waals surface area contributed by atoms with Gasteiger partial charge < -0.3 is 19.8 Å². The largest absolute Gasteiger partial charge is 0.373 e. The topological polar surface area (TPSA) is 147 Å². The highest BCUT2D eigenvalue weighted by Gasteiger charge is 2.48. The Morgan fingerprint density at radius 2 is 1.92 bits per heavy atom. The predicted molar refractivity (Wildman–Crippen MR) is 128 cm³/mol.